The summed E-state index contributed by atoms with van der Waals surface area (Å²) in [5.74, 6) is -0.173. The first kappa shape index (κ1) is 14.7. The summed E-state index contributed by atoms with van der Waals surface area (Å²) in [5.41, 5.74) is 0.799. The van der Waals surface area contributed by atoms with Crippen LogP contribution in [0.4, 0.5) is 0 Å². The van der Waals surface area contributed by atoms with E-state index in [2.05, 4.69) is 4.98 Å². The van der Waals surface area contributed by atoms with Crippen LogP contribution in [0.15, 0.2) is 42.7 Å². The molecule has 114 valence electrons. The van der Waals surface area contributed by atoms with E-state index in [1.807, 2.05) is 52.0 Å². The van der Waals surface area contributed by atoms with Gasteiger partial charge in [-0.25, -0.2) is 0 Å². The van der Waals surface area contributed by atoms with Gasteiger partial charge in [0.05, 0.1) is 5.56 Å². The van der Waals surface area contributed by atoms with Crippen LogP contribution in [0.1, 0.15) is 47.8 Å². The summed E-state index contributed by atoms with van der Waals surface area (Å²) in [5, 5.41) is 11.5. The Kier molecular flexibility index (Phi) is 3.11. The quantitative estimate of drug-likeness (QED) is 0.880. The Morgan fingerprint density at radius 2 is 1.77 bits per heavy atom. The highest BCUT2D eigenvalue weighted by Gasteiger charge is 2.53. The molecule has 4 heteroatoms. The van der Waals surface area contributed by atoms with Gasteiger partial charge < -0.3 is 5.11 Å². The molecule has 0 saturated carbocycles. The molecular formula is C18H20N2O2. The summed E-state index contributed by atoms with van der Waals surface area (Å²) < 4.78 is 0. The largest absolute Gasteiger partial charge is 0.363 e. The van der Waals surface area contributed by atoms with Crippen molar-refractivity contribution >= 4 is 5.91 Å². The standard InChI is InChI=1S/C18H20N2O2/c1-12-5-7-13(8-6-12)18(22)15-11-19-10-9-14(15)16(21)20(18)17(2,3)4/h5-11,22H,1-4H3. The van der Waals surface area contributed by atoms with Crippen LogP contribution in [0.5, 0.6) is 0 Å². The van der Waals surface area contributed by atoms with Crippen molar-refractivity contribution in [2.45, 2.75) is 39.0 Å². The Hall–Kier alpha value is -2.20. The number of fused-ring (bicyclic) bond motifs is 1. The second-order valence-corrected chi connectivity index (χ2v) is 6.77. The van der Waals surface area contributed by atoms with Gasteiger partial charge in [-0.05, 0) is 33.8 Å². The Labute approximate surface area is 130 Å². The van der Waals surface area contributed by atoms with Gasteiger partial charge in [0, 0.05) is 29.1 Å². The molecule has 0 fully saturated rings. The molecule has 3 rings (SSSR count). The number of carbonyl (C=O) groups is 1. The van der Waals surface area contributed by atoms with Gasteiger partial charge in [-0.15, -0.1) is 0 Å². The summed E-state index contributed by atoms with van der Waals surface area (Å²) in [4.78, 5) is 18.5. The van der Waals surface area contributed by atoms with Crippen LogP contribution in [0.2, 0.25) is 0 Å². The zero-order chi connectivity index (χ0) is 16.1. The first-order valence-corrected chi connectivity index (χ1v) is 7.35. The highest BCUT2D eigenvalue weighted by Crippen LogP contribution is 2.45. The monoisotopic (exact) mass is 296 g/mol. The molecular weight excluding hydrogens is 276 g/mol. The summed E-state index contributed by atoms with van der Waals surface area (Å²) in [6, 6.07) is 9.27. The van der Waals surface area contributed by atoms with Gasteiger partial charge >= 0.3 is 0 Å². The average Bonchev–Trinajstić information content (AvgIpc) is 2.69. The number of hydrogen-bond donors (Lipinski definition) is 1. The van der Waals surface area contributed by atoms with E-state index < -0.39 is 11.3 Å². The second kappa shape index (κ2) is 4.65. The fraction of sp³-hybridized carbons (Fsp3) is 0.333. The summed E-state index contributed by atoms with van der Waals surface area (Å²) in [6.45, 7) is 7.75. The molecule has 1 N–H and O–H groups in total. The number of rotatable bonds is 1. The van der Waals surface area contributed by atoms with Gasteiger partial charge in [-0.2, -0.15) is 0 Å². The van der Waals surface area contributed by atoms with Crippen molar-refractivity contribution < 1.29 is 9.90 Å². The fourth-order valence-corrected chi connectivity index (χ4v) is 3.11. The normalized spacial score (nSPS) is 21.1. The van der Waals surface area contributed by atoms with Gasteiger partial charge in [0.2, 0.25) is 0 Å². The predicted molar refractivity (Wildman–Crippen MR) is 84.3 cm³/mol. The molecule has 0 bridgehead atoms. The Balaban J connectivity index is 2.29. The topological polar surface area (TPSA) is 53.4 Å². The molecule has 2 aromatic rings. The van der Waals surface area contributed by atoms with E-state index in [0.29, 0.717) is 16.7 Å². The van der Waals surface area contributed by atoms with Gasteiger partial charge in [0.15, 0.2) is 5.72 Å². The molecule has 1 atom stereocenters. The lowest BCUT2D eigenvalue weighted by Crippen LogP contribution is -2.54. The minimum atomic E-state index is -1.49. The molecule has 2 heterocycles. The number of carbonyl (C=O) groups excluding carboxylic acids is 1. The van der Waals surface area contributed by atoms with Crippen LogP contribution < -0.4 is 0 Å². The van der Waals surface area contributed by atoms with Crippen LogP contribution in [0, 0.1) is 6.92 Å². The highest BCUT2D eigenvalue weighted by molar-refractivity contribution is 6.00. The van der Waals surface area contributed by atoms with E-state index in [1.54, 1.807) is 18.5 Å². The van der Waals surface area contributed by atoms with Gasteiger partial charge in [-0.3, -0.25) is 14.7 Å². The van der Waals surface area contributed by atoms with Crippen LogP contribution >= 0.6 is 0 Å². The minimum absolute atomic E-state index is 0.173. The van der Waals surface area contributed by atoms with E-state index >= 15 is 0 Å². The number of aliphatic hydroxyl groups is 1. The number of benzene rings is 1. The molecule has 1 unspecified atom stereocenters. The van der Waals surface area contributed by atoms with E-state index in [-0.39, 0.29) is 5.91 Å². The summed E-state index contributed by atoms with van der Waals surface area (Å²) >= 11 is 0. The number of pyridine rings is 1. The first-order valence-electron chi connectivity index (χ1n) is 7.35. The second-order valence-electron chi connectivity index (χ2n) is 6.77. The molecule has 1 aliphatic rings. The average molecular weight is 296 g/mol. The zero-order valence-electron chi connectivity index (χ0n) is 13.3. The maximum atomic E-state index is 12.8. The Morgan fingerprint density at radius 1 is 1.14 bits per heavy atom. The maximum absolute atomic E-state index is 12.8. The minimum Gasteiger partial charge on any atom is -0.363 e. The van der Waals surface area contributed by atoms with Crippen molar-refractivity contribution in [1.82, 2.24) is 9.88 Å². The molecule has 0 radical (unpaired) electrons. The van der Waals surface area contributed by atoms with Crippen molar-refractivity contribution in [1.29, 1.82) is 0 Å². The molecule has 4 nitrogen and oxygen atoms in total. The SMILES string of the molecule is Cc1ccc(C2(O)c3cnccc3C(=O)N2C(C)(C)C)cc1. The molecule has 1 aromatic heterocycles. The maximum Gasteiger partial charge on any atom is 0.257 e. The van der Waals surface area contributed by atoms with Crippen molar-refractivity contribution in [2.24, 2.45) is 0 Å². The lowest BCUT2D eigenvalue weighted by molar-refractivity contribution is -0.0877. The van der Waals surface area contributed by atoms with Crippen molar-refractivity contribution in [2.75, 3.05) is 0 Å². The molecule has 1 aromatic carbocycles. The van der Waals surface area contributed by atoms with Gasteiger partial charge in [0.1, 0.15) is 0 Å². The summed E-state index contributed by atoms with van der Waals surface area (Å²) in [7, 11) is 0. The summed E-state index contributed by atoms with van der Waals surface area (Å²) in [6.07, 6.45) is 3.16. The fourth-order valence-electron chi connectivity index (χ4n) is 3.11. The Morgan fingerprint density at radius 3 is 2.36 bits per heavy atom. The van der Waals surface area contributed by atoms with Gasteiger partial charge in [0.25, 0.3) is 5.91 Å². The van der Waals surface area contributed by atoms with Crippen LogP contribution in [-0.2, 0) is 5.72 Å². The number of hydrogen-bond acceptors (Lipinski definition) is 3. The van der Waals surface area contributed by atoms with Crippen LogP contribution in [0.3, 0.4) is 0 Å². The molecule has 0 saturated heterocycles. The van der Waals surface area contributed by atoms with Crippen molar-refractivity contribution in [3.8, 4) is 0 Å². The van der Waals surface area contributed by atoms with E-state index in [0.717, 1.165) is 5.56 Å². The lowest BCUT2D eigenvalue weighted by atomic mass is 9.92. The molecule has 0 spiro atoms. The number of aromatic nitrogens is 1. The molecule has 1 amide bonds. The van der Waals surface area contributed by atoms with Crippen molar-refractivity contribution in [3.63, 3.8) is 0 Å². The number of amides is 1. The lowest BCUT2D eigenvalue weighted by Gasteiger charge is -2.43. The predicted octanol–water partition coefficient (Wildman–Crippen LogP) is 2.84. The van der Waals surface area contributed by atoms with Crippen LogP contribution in [-0.4, -0.2) is 26.4 Å². The smallest absolute Gasteiger partial charge is 0.257 e. The third-order valence-corrected chi connectivity index (χ3v) is 4.08. The third kappa shape index (κ3) is 1.95. The molecule has 22 heavy (non-hydrogen) atoms. The van der Waals surface area contributed by atoms with E-state index in [9.17, 15) is 9.90 Å². The number of aryl methyl sites for hydroxylation is 1. The molecule has 0 aliphatic carbocycles. The van der Waals surface area contributed by atoms with Crippen LogP contribution in [0.25, 0.3) is 0 Å². The Bertz CT molecular complexity index is 731. The zero-order valence-corrected chi connectivity index (χ0v) is 13.3. The molecule has 1 aliphatic heterocycles. The highest BCUT2D eigenvalue weighted by atomic mass is 16.3. The van der Waals surface area contributed by atoms with E-state index in [1.165, 1.54) is 4.90 Å². The van der Waals surface area contributed by atoms with Crippen molar-refractivity contribution in [3.05, 3.63) is 65.0 Å². The first-order chi connectivity index (χ1) is 10.3. The van der Waals surface area contributed by atoms with E-state index in [4.69, 9.17) is 0 Å². The van der Waals surface area contributed by atoms with Gasteiger partial charge in [-0.1, -0.05) is 29.8 Å². The number of nitrogens with zero attached hydrogens (tertiary/aromatic N) is 2. The third-order valence-electron chi connectivity index (χ3n) is 4.08.